The van der Waals surface area contributed by atoms with Gasteiger partial charge in [-0.2, -0.15) is 0 Å². The van der Waals surface area contributed by atoms with E-state index >= 15 is 0 Å². The second kappa shape index (κ2) is 9.39. The van der Waals surface area contributed by atoms with Crippen LogP contribution in [0.25, 0.3) is 0 Å². The van der Waals surface area contributed by atoms with Crippen molar-refractivity contribution in [3.05, 3.63) is 60.7 Å². The summed E-state index contributed by atoms with van der Waals surface area (Å²) in [6.07, 6.45) is 0. The van der Waals surface area contributed by atoms with Crippen molar-refractivity contribution in [3.8, 4) is 11.5 Å². The fourth-order valence-electron chi connectivity index (χ4n) is 0.856. The Balaban J connectivity index is 0.000000261. The first-order valence-corrected chi connectivity index (χ1v) is 9.32. The summed E-state index contributed by atoms with van der Waals surface area (Å²) >= 11 is -7.17. The summed E-state index contributed by atoms with van der Waals surface area (Å²) in [7, 11) is 0. The molecule has 19 heavy (non-hydrogen) atoms. The van der Waals surface area contributed by atoms with Crippen LogP contribution in [0.2, 0.25) is 0 Å². The Morgan fingerprint density at radius 3 is 0.895 bits per heavy atom. The van der Waals surface area contributed by atoms with Crippen LogP contribution in [0.5, 0.6) is 11.5 Å². The normalized spacial score (nSPS) is 10.3. The Kier molecular flexibility index (Phi) is 8.62. The van der Waals surface area contributed by atoms with Gasteiger partial charge in [0.25, 0.3) is 0 Å². The van der Waals surface area contributed by atoms with Gasteiger partial charge in [0.05, 0.1) is 0 Å². The molecule has 0 saturated carbocycles. The summed E-state index contributed by atoms with van der Waals surface area (Å²) in [6, 6.07) is 17.4. The molecule has 0 bridgehead atoms. The van der Waals surface area contributed by atoms with Crippen LogP contribution in [0.4, 0.5) is 12.6 Å². The predicted octanol–water partition coefficient (Wildman–Crippen LogP) is 4.46. The number of para-hydroxylation sites is 2. The molecule has 2 nitrogen and oxygen atoms in total. The first-order chi connectivity index (χ1) is 8.79. The first kappa shape index (κ1) is 17.4. The van der Waals surface area contributed by atoms with Crippen molar-refractivity contribution < 1.29 is 41.0 Å². The van der Waals surface area contributed by atoms with E-state index in [1.54, 1.807) is 48.5 Å². The van der Waals surface area contributed by atoms with Gasteiger partial charge < -0.3 is 10.2 Å². The number of hydrogen-bond donors (Lipinski definition) is 2. The van der Waals surface area contributed by atoms with Crippen LogP contribution in [-0.2, 0) is 18.2 Å². The Hall–Kier alpha value is -1.55. The van der Waals surface area contributed by atoms with Crippen molar-refractivity contribution in [2.75, 3.05) is 0 Å². The molecule has 2 N–H and O–H groups in total. The first-order valence-electron chi connectivity index (χ1n) is 4.89. The summed E-state index contributed by atoms with van der Waals surface area (Å²) in [6.45, 7) is 0. The zero-order valence-corrected chi connectivity index (χ0v) is 12.5. The summed E-state index contributed by atoms with van der Waals surface area (Å²) < 4.78 is 39.6. The number of halogens is 4. The Morgan fingerprint density at radius 1 is 0.579 bits per heavy atom. The fraction of sp³-hybridized carbons (Fsp3) is 0. The average molecular weight is 448 g/mol. The summed E-state index contributed by atoms with van der Waals surface area (Å²) in [5.74, 6) is 0.644. The van der Waals surface area contributed by atoms with E-state index in [2.05, 4.69) is 0 Å². The monoisotopic (exact) mass is 448 g/mol. The molecule has 0 unspecified atom stereocenters. The maximum atomic E-state index is 9.90. The molecule has 0 heterocycles. The van der Waals surface area contributed by atoms with Gasteiger partial charge in [-0.05, 0) is 24.3 Å². The molecular formula is C12H12F4O2W. The van der Waals surface area contributed by atoms with Gasteiger partial charge in [0, 0.05) is 0 Å². The summed E-state index contributed by atoms with van der Waals surface area (Å²) in [5.41, 5.74) is 0. The molecule has 106 valence electrons. The van der Waals surface area contributed by atoms with Crippen molar-refractivity contribution in [1.82, 2.24) is 0 Å². The molecule has 0 aliphatic carbocycles. The van der Waals surface area contributed by atoms with Gasteiger partial charge in [0.2, 0.25) is 0 Å². The van der Waals surface area contributed by atoms with Crippen LogP contribution in [0.3, 0.4) is 0 Å². The SMILES string of the molecule is Oc1ccccc1.Oc1ccccc1.[F][W]([F])([F])[F]. The molecule has 0 atom stereocenters. The van der Waals surface area contributed by atoms with Crippen LogP contribution < -0.4 is 0 Å². The molecule has 0 aliphatic heterocycles. The molecule has 0 amide bonds. The van der Waals surface area contributed by atoms with Crippen molar-refractivity contribution in [3.63, 3.8) is 0 Å². The maximum absolute atomic E-state index is 9.90. The molecule has 0 aromatic heterocycles. The number of rotatable bonds is 0. The van der Waals surface area contributed by atoms with Crippen LogP contribution in [0.15, 0.2) is 60.7 Å². The molecule has 0 fully saturated rings. The van der Waals surface area contributed by atoms with Gasteiger partial charge in [-0.15, -0.1) is 0 Å². The van der Waals surface area contributed by atoms with Gasteiger partial charge in [0.1, 0.15) is 11.5 Å². The van der Waals surface area contributed by atoms with Gasteiger partial charge in [-0.25, -0.2) is 0 Å². The van der Waals surface area contributed by atoms with Crippen molar-refractivity contribution >= 4 is 0 Å². The third-order valence-electron chi connectivity index (χ3n) is 1.51. The van der Waals surface area contributed by atoms with Crippen molar-refractivity contribution in [2.24, 2.45) is 0 Å². The Morgan fingerprint density at radius 2 is 0.789 bits per heavy atom. The van der Waals surface area contributed by atoms with E-state index in [4.69, 9.17) is 10.2 Å². The molecule has 7 heteroatoms. The average Bonchev–Trinajstić information content (AvgIpc) is 2.29. The molecule has 2 rings (SSSR count). The third-order valence-corrected chi connectivity index (χ3v) is 1.51. The Labute approximate surface area is 113 Å². The zero-order valence-electron chi connectivity index (χ0n) is 9.59. The number of benzene rings is 2. The van der Waals surface area contributed by atoms with Crippen LogP contribution in [0, 0.1) is 0 Å². The quantitative estimate of drug-likeness (QED) is 0.585. The number of hydrogen-bond acceptors (Lipinski definition) is 2. The van der Waals surface area contributed by atoms with E-state index in [0.717, 1.165) is 0 Å². The van der Waals surface area contributed by atoms with E-state index in [0.29, 0.717) is 11.5 Å². The molecule has 0 spiro atoms. The van der Waals surface area contributed by atoms with Crippen LogP contribution >= 0.6 is 0 Å². The summed E-state index contributed by atoms with van der Waals surface area (Å²) in [5, 5.41) is 17.3. The van der Waals surface area contributed by atoms with Gasteiger partial charge in [-0.3, -0.25) is 0 Å². The molecule has 2 aromatic rings. The Bertz CT molecular complexity index is 391. The van der Waals surface area contributed by atoms with Crippen LogP contribution in [-0.4, -0.2) is 10.2 Å². The van der Waals surface area contributed by atoms with E-state index in [1.807, 2.05) is 12.1 Å². The third kappa shape index (κ3) is 16.4. The van der Waals surface area contributed by atoms with Gasteiger partial charge in [0.15, 0.2) is 0 Å². The molecule has 0 radical (unpaired) electrons. The predicted molar refractivity (Wildman–Crippen MR) is 60.6 cm³/mol. The minimum absolute atomic E-state index is 0.322. The molecule has 0 aliphatic rings. The van der Waals surface area contributed by atoms with E-state index in [9.17, 15) is 12.6 Å². The summed E-state index contributed by atoms with van der Waals surface area (Å²) in [4.78, 5) is 0. The molecular weight excluding hydrogens is 436 g/mol. The number of phenols is 2. The van der Waals surface area contributed by atoms with E-state index < -0.39 is 18.2 Å². The van der Waals surface area contributed by atoms with Crippen molar-refractivity contribution in [2.45, 2.75) is 0 Å². The zero-order chi connectivity index (χ0) is 14.7. The van der Waals surface area contributed by atoms with Gasteiger partial charge >= 0.3 is 30.8 Å². The van der Waals surface area contributed by atoms with Gasteiger partial charge in [-0.1, -0.05) is 36.4 Å². The molecule has 0 saturated heterocycles. The molecule has 2 aromatic carbocycles. The van der Waals surface area contributed by atoms with Crippen molar-refractivity contribution in [1.29, 1.82) is 0 Å². The van der Waals surface area contributed by atoms with Crippen LogP contribution in [0.1, 0.15) is 0 Å². The topological polar surface area (TPSA) is 40.5 Å². The second-order valence-electron chi connectivity index (χ2n) is 3.02. The number of aromatic hydroxyl groups is 2. The standard InChI is InChI=1S/2C6H6O.4FH.W/c2*7-6-4-2-1-3-5-6;;;;;/h2*1-5,7H;4*1H;/q;;;;;;+4/p-4. The van der Waals surface area contributed by atoms with E-state index in [1.165, 1.54) is 0 Å². The minimum atomic E-state index is -7.17. The number of phenolic OH excluding ortho intramolecular Hbond substituents is 2. The second-order valence-corrected chi connectivity index (χ2v) is 5.54. The fourth-order valence-corrected chi connectivity index (χ4v) is 0.856. The van der Waals surface area contributed by atoms with E-state index in [-0.39, 0.29) is 0 Å².